The summed E-state index contributed by atoms with van der Waals surface area (Å²) in [6.45, 7) is 10.1. The van der Waals surface area contributed by atoms with Crippen LogP contribution in [0.25, 0.3) is 11.1 Å². The Labute approximate surface area is 208 Å². The van der Waals surface area contributed by atoms with Gasteiger partial charge in [0.2, 0.25) is 10.0 Å². The van der Waals surface area contributed by atoms with Gasteiger partial charge in [-0.15, -0.1) is 0 Å². The molecule has 1 heterocycles. The van der Waals surface area contributed by atoms with E-state index in [4.69, 9.17) is 4.74 Å². The lowest BCUT2D eigenvalue weighted by molar-refractivity contribution is 0.0598. The fourth-order valence-electron chi connectivity index (χ4n) is 4.06. The minimum absolute atomic E-state index is 0.240. The van der Waals surface area contributed by atoms with Crippen molar-refractivity contribution in [1.29, 1.82) is 0 Å². The molecule has 0 saturated heterocycles. The molecule has 0 spiro atoms. The quantitative estimate of drug-likeness (QED) is 0.415. The molecule has 3 rings (SSSR count). The van der Waals surface area contributed by atoms with Crippen LogP contribution in [-0.2, 0) is 27.7 Å². The number of nitrogens with one attached hydrogen (secondary N) is 1. The molecule has 0 bridgehead atoms. The van der Waals surface area contributed by atoms with Crippen LogP contribution in [0.3, 0.4) is 0 Å². The summed E-state index contributed by atoms with van der Waals surface area (Å²) in [6, 6.07) is 14.7. The topological polar surface area (TPSA) is 90.3 Å². The van der Waals surface area contributed by atoms with Crippen LogP contribution in [0.1, 0.15) is 67.8 Å². The van der Waals surface area contributed by atoms with Gasteiger partial charge in [0.15, 0.2) is 0 Å². The second-order valence-electron chi connectivity index (χ2n) is 9.70. The summed E-state index contributed by atoms with van der Waals surface area (Å²) < 4.78 is 35.7. The molecule has 0 atom stereocenters. The third-order valence-electron chi connectivity index (χ3n) is 5.60. The van der Waals surface area contributed by atoms with Gasteiger partial charge in [-0.2, -0.15) is 5.10 Å². The summed E-state index contributed by atoms with van der Waals surface area (Å²) in [5.41, 5.74) is 3.83. The summed E-state index contributed by atoms with van der Waals surface area (Å²) in [6.07, 6.45) is 2.50. The van der Waals surface area contributed by atoms with E-state index in [2.05, 4.69) is 16.7 Å². The first-order valence-corrected chi connectivity index (χ1v) is 13.3. The van der Waals surface area contributed by atoms with Gasteiger partial charge in [0.1, 0.15) is 5.56 Å². The SMILES string of the molecule is CCCCn1nc(C)c(C(=O)OC)c1Cc1ccc(-c2ccccc2S(=O)(=O)NC(C)(C)C)cc1. The second-order valence-corrected chi connectivity index (χ2v) is 11.4. The Kier molecular flexibility index (Phi) is 8.18. The van der Waals surface area contributed by atoms with Gasteiger partial charge in [-0.25, -0.2) is 17.9 Å². The van der Waals surface area contributed by atoms with Gasteiger partial charge in [0.25, 0.3) is 0 Å². The summed E-state index contributed by atoms with van der Waals surface area (Å²) >= 11 is 0. The van der Waals surface area contributed by atoms with Crippen molar-refractivity contribution in [3.8, 4) is 11.1 Å². The normalized spacial score (nSPS) is 12.1. The second kappa shape index (κ2) is 10.7. The molecule has 0 saturated carbocycles. The van der Waals surface area contributed by atoms with E-state index in [1.165, 1.54) is 7.11 Å². The summed E-state index contributed by atoms with van der Waals surface area (Å²) in [4.78, 5) is 12.7. The van der Waals surface area contributed by atoms with Crippen LogP contribution in [0.2, 0.25) is 0 Å². The van der Waals surface area contributed by atoms with Crippen LogP contribution >= 0.6 is 0 Å². The number of nitrogens with zero attached hydrogens (tertiary/aromatic N) is 2. The maximum absolute atomic E-state index is 13.0. The number of rotatable bonds is 9. The number of ether oxygens (including phenoxy) is 1. The first kappa shape index (κ1) is 26.6. The summed E-state index contributed by atoms with van der Waals surface area (Å²) in [5.74, 6) is -0.387. The molecular formula is C27H35N3O4S. The fraction of sp³-hybridized carbons (Fsp3) is 0.407. The zero-order valence-electron chi connectivity index (χ0n) is 21.4. The fourth-order valence-corrected chi connectivity index (χ4v) is 5.71. The lowest BCUT2D eigenvalue weighted by atomic mass is 10.0. The van der Waals surface area contributed by atoms with Crippen LogP contribution in [0.5, 0.6) is 0 Å². The van der Waals surface area contributed by atoms with Gasteiger partial charge in [-0.05, 0) is 51.3 Å². The Morgan fingerprint density at radius 3 is 2.34 bits per heavy atom. The highest BCUT2D eigenvalue weighted by molar-refractivity contribution is 7.89. The molecule has 0 aliphatic heterocycles. The van der Waals surface area contributed by atoms with Crippen molar-refractivity contribution in [3.05, 3.63) is 71.0 Å². The van der Waals surface area contributed by atoms with Crippen molar-refractivity contribution in [2.45, 2.75) is 70.9 Å². The Morgan fingerprint density at radius 1 is 1.09 bits per heavy atom. The average molecular weight is 498 g/mol. The molecule has 2 aromatic carbocycles. The van der Waals surface area contributed by atoms with E-state index >= 15 is 0 Å². The van der Waals surface area contributed by atoms with Crippen molar-refractivity contribution in [2.75, 3.05) is 7.11 Å². The standard InChI is InChI=1S/C27H35N3O4S/c1-7-8-17-30-23(25(19(2)28-30)26(31)34-6)18-20-13-15-21(16-14-20)22-11-9-10-12-24(22)35(32,33)29-27(3,4)5/h9-16,29H,7-8,17-18H2,1-6H3. The summed E-state index contributed by atoms with van der Waals surface area (Å²) in [7, 11) is -2.32. The number of sulfonamides is 1. The molecule has 1 aromatic heterocycles. The van der Waals surface area contributed by atoms with E-state index in [9.17, 15) is 13.2 Å². The maximum Gasteiger partial charge on any atom is 0.341 e. The van der Waals surface area contributed by atoms with Crippen LogP contribution in [0, 0.1) is 6.92 Å². The zero-order chi connectivity index (χ0) is 25.8. The smallest absolute Gasteiger partial charge is 0.341 e. The third kappa shape index (κ3) is 6.38. The molecule has 0 aliphatic carbocycles. The van der Waals surface area contributed by atoms with Crippen molar-refractivity contribution in [2.24, 2.45) is 0 Å². The molecule has 3 aromatic rings. The van der Waals surface area contributed by atoms with Gasteiger partial charge in [0.05, 0.1) is 23.4 Å². The Morgan fingerprint density at radius 2 is 1.74 bits per heavy atom. The van der Waals surface area contributed by atoms with Gasteiger partial charge < -0.3 is 4.74 Å². The van der Waals surface area contributed by atoms with Crippen LogP contribution < -0.4 is 4.72 Å². The van der Waals surface area contributed by atoms with Crippen LogP contribution in [-0.4, -0.2) is 36.8 Å². The van der Waals surface area contributed by atoms with Crippen molar-refractivity contribution in [1.82, 2.24) is 14.5 Å². The third-order valence-corrected chi connectivity index (χ3v) is 7.42. The average Bonchev–Trinajstić information content (AvgIpc) is 3.10. The minimum atomic E-state index is -3.70. The van der Waals surface area contributed by atoms with E-state index in [1.807, 2.05) is 68.8 Å². The number of benzene rings is 2. The molecule has 0 amide bonds. The highest BCUT2D eigenvalue weighted by Gasteiger charge is 2.25. The monoisotopic (exact) mass is 497 g/mol. The predicted molar refractivity (Wildman–Crippen MR) is 138 cm³/mol. The number of carbonyl (C=O) groups is 1. The largest absolute Gasteiger partial charge is 0.465 e. The number of methoxy groups -OCH3 is 1. The molecule has 0 unspecified atom stereocenters. The Hall–Kier alpha value is -2.97. The highest BCUT2D eigenvalue weighted by atomic mass is 32.2. The van der Waals surface area contributed by atoms with Crippen molar-refractivity contribution >= 4 is 16.0 Å². The maximum atomic E-state index is 13.0. The van der Waals surface area contributed by atoms with Gasteiger partial charge >= 0.3 is 5.97 Å². The number of carbonyl (C=O) groups excluding carboxylic acids is 1. The number of hydrogen-bond acceptors (Lipinski definition) is 5. The predicted octanol–water partition coefficient (Wildman–Crippen LogP) is 5.11. The van der Waals surface area contributed by atoms with Crippen LogP contribution in [0.15, 0.2) is 53.4 Å². The van der Waals surface area contributed by atoms with E-state index < -0.39 is 15.6 Å². The number of unbranched alkanes of at least 4 members (excludes halogenated alkanes) is 1. The van der Waals surface area contributed by atoms with Crippen LogP contribution in [0.4, 0.5) is 0 Å². The minimum Gasteiger partial charge on any atom is -0.465 e. The Balaban J connectivity index is 1.96. The molecule has 8 heteroatoms. The molecule has 0 aliphatic rings. The van der Waals surface area contributed by atoms with E-state index in [0.717, 1.165) is 36.2 Å². The van der Waals surface area contributed by atoms with Gasteiger partial charge in [-0.1, -0.05) is 55.8 Å². The zero-order valence-corrected chi connectivity index (χ0v) is 22.2. The lowest BCUT2D eigenvalue weighted by Gasteiger charge is -2.21. The Bertz CT molecular complexity index is 1290. The molecular weight excluding hydrogens is 462 g/mol. The highest BCUT2D eigenvalue weighted by Crippen LogP contribution is 2.29. The van der Waals surface area contributed by atoms with Gasteiger partial charge in [0, 0.05) is 24.1 Å². The first-order valence-electron chi connectivity index (χ1n) is 11.8. The molecule has 188 valence electrons. The summed E-state index contributed by atoms with van der Waals surface area (Å²) in [5, 5.41) is 4.59. The van der Waals surface area contributed by atoms with E-state index in [1.54, 1.807) is 12.1 Å². The number of aryl methyl sites for hydroxylation is 2. The number of aromatic nitrogens is 2. The van der Waals surface area contributed by atoms with Gasteiger partial charge in [-0.3, -0.25) is 4.68 Å². The van der Waals surface area contributed by atoms with Crippen molar-refractivity contribution in [3.63, 3.8) is 0 Å². The van der Waals surface area contributed by atoms with Crippen molar-refractivity contribution < 1.29 is 17.9 Å². The molecule has 7 nitrogen and oxygen atoms in total. The molecule has 1 N–H and O–H groups in total. The number of esters is 1. The number of hydrogen-bond donors (Lipinski definition) is 1. The molecule has 0 radical (unpaired) electrons. The molecule has 35 heavy (non-hydrogen) atoms. The van der Waals surface area contributed by atoms with E-state index in [0.29, 0.717) is 23.2 Å². The van der Waals surface area contributed by atoms with E-state index in [-0.39, 0.29) is 10.9 Å². The lowest BCUT2D eigenvalue weighted by Crippen LogP contribution is -2.40. The first-order chi connectivity index (χ1) is 16.5. The molecule has 0 fully saturated rings.